The Bertz CT molecular complexity index is 1360. The van der Waals surface area contributed by atoms with E-state index >= 15 is 0 Å². The number of hydrogen-bond donors (Lipinski definition) is 2. The predicted molar refractivity (Wildman–Crippen MR) is 119 cm³/mol. The topological polar surface area (TPSA) is 88.8 Å². The molecule has 0 radical (unpaired) electrons. The van der Waals surface area contributed by atoms with Gasteiger partial charge in [0, 0.05) is 29.6 Å². The lowest BCUT2D eigenvalue weighted by atomic mass is 9.98. The first kappa shape index (κ1) is 21.4. The molecule has 0 saturated heterocycles. The molecule has 0 fully saturated rings. The Morgan fingerprint density at radius 1 is 1.06 bits per heavy atom. The van der Waals surface area contributed by atoms with Crippen LogP contribution < -0.4 is 10.1 Å². The van der Waals surface area contributed by atoms with E-state index in [1.807, 2.05) is 0 Å². The first-order valence-electron chi connectivity index (χ1n) is 9.49. The normalized spacial score (nSPS) is 10.9. The van der Waals surface area contributed by atoms with E-state index in [-0.39, 0.29) is 27.8 Å². The summed E-state index contributed by atoms with van der Waals surface area (Å²) in [6.45, 7) is 0. The average molecular weight is 454 g/mol. The Morgan fingerprint density at radius 2 is 1.75 bits per heavy atom. The van der Waals surface area contributed by atoms with Crippen LogP contribution in [-0.4, -0.2) is 31.1 Å². The van der Waals surface area contributed by atoms with Crippen LogP contribution in [0.4, 0.5) is 4.39 Å². The Hall–Kier alpha value is -3.84. The Labute approximate surface area is 187 Å². The van der Waals surface area contributed by atoms with Gasteiger partial charge in [0.25, 0.3) is 5.91 Å². The minimum Gasteiger partial charge on any atom is -0.496 e. The van der Waals surface area contributed by atoms with Gasteiger partial charge in [0.1, 0.15) is 28.5 Å². The van der Waals surface area contributed by atoms with Gasteiger partial charge >= 0.3 is 5.97 Å². The number of methoxy groups -OCH3 is 1. The molecule has 1 aromatic heterocycles. The van der Waals surface area contributed by atoms with E-state index in [4.69, 9.17) is 20.8 Å². The van der Waals surface area contributed by atoms with Gasteiger partial charge in [-0.25, -0.2) is 9.18 Å². The van der Waals surface area contributed by atoms with Gasteiger partial charge in [0.05, 0.1) is 17.7 Å². The monoisotopic (exact) mass is 453 g/mol. The molecule has 2 N–H and O–H groups in total. The summed E-state index contributed by atoms with van der Waals surface area (Å²) < 4.78 is 24.4. The van der Waals surface area contributed by atoms with Crippen molar-refractivity contribution in [2.45, 2.75) is 0 Å². The number of benzene rings is 3. The maximum absolute atomic E-state index is 13.4. The summed E-state index contributed by atoms with van der Waals surface area (Å²) in [6.07, 6.45) is 0. The van der Waals surface area contributed by atoms with Gasteiger partial charge in [0.2, 0.25) is 0 Å². The maximum Gasteiger partial charge on any atom is 0.339 e. The van der Waals surface area contributed by atoms with Crippen molar-refractivity contribution in [2.75, 3.05) is 14.2 Å². The van der Waals surface area contributed by atoms with E-state index in [9.17, 15) is 19.1 Å². The summed E-state index contributed by atoms with van der Waals surface area (Å²) in [6, 6.07) is 13.6. The zero-order valence-electron chi connectivity index (χ0n) is 17.0. The second kappa shape index (κ2) is 8.36. The number of hydrogen-bond acceptors (Lipinski definition) is 4. The van der Waals surface area contributed by atoms with Crippen molar-refractivity contribution < 1.29 is 28.2 Å². The van der Waals surface area contributed by atoms with Crippen LogP contribution in [0.5, 0.6) is 5.75 Å². The number of halogens is 2. The second-order valence-corrected chi connectivity index (χ2v) is 7.35. The van der Waals surface area contributed by atoms with Crippen LogP contribution in [0.3, 0.4) is 0 Å². The Morgan fingerprint density at radius 3 is 2.38 bits per heavy atom. The lowest BCUT2D eigenvalue weighted by Gasteiger charge is -2.11. The minimum atomic E-state index is -1.16. The van der Waals surface area contributed by atoms with E-state index in [2.05, 4.69) is 5.32 Å². The number of carbonyl (C=O) groups excluding carboxylic acids is 1. The van der Waals surface area contributed by atoms with Gasteiger partial charge in [-0.15, -0.1) is 0 Å². The van der Waals surface area contributed by atoms with Crippen molar-refractivity contribution in [3.05, 3.63) is 76.6 Å². The summed E-state index contributed by atoms with van der Waals surface area (Å²) in [5.74, 6) is -1.51. The molecule has 32 heavy (non-hydrogen) atoms. The number of fused-ring (bicyclic) bond motifs is 1. The fraction of sp³-hybridized carbons (Fsp3) is 0.0833. The van der Waals surface area contributed by atoms with Gasteiger partial charge in [-0.3, -0.25) is 4.79 Å². The molecule has 1 heterocycles. The van der Waals surface area contributed by atoms with E-state index in [0.29, 0.717) is 33.4 Å². The van der Waals surface area contributed by atoms with Crippen molar-refractivity contribution in [1.29, 1.82) is 0 Å². The van der Waals surface area contributed by atoms with Gasteiger partial charge < -0.3 is 19.6 Å². The molecule has 0 aliphatic rings. The summed E-state index contributed by atoms with van der Waals surface area (Å²) in [5.41, 5.74) is 2.26. The Balaban J connectivity index is 1.95. The quantitative estimate of drug-likeness (QED) is 0.409. The summed E-state index contributed by atoms with van der Waals surface area (Å²) >= 11 is 6.40. The fourth-order valence-corrected chi connectivity index (χ4v) is 3.80. The number of aromatic carboxylic acids is 1. The molecule has 4 aromatic rings. The Kier molecular flexibility index (Phi) is 5.59. The van der Waals surface area contributed by atoms with Crippen molar-refractivity contribution >= 4 is 34.4 Å². The summed E-state index contributed by atoms with van der Waals surface area (Å²) in [4.78, 5) is 24.4. The molecule has 4 rings (SSSR count). The molecule has 0 spiro atoms. The van der Waals surface area contributed by atoms with Crippen molar-refractivity contribution in [3.8, 4) is 28.2 Å². The van der Waals surface area contributed by atoms with Crippen LogP contribution in [0.15, 0.2) is 59.0 Å². The second-order valence-electron chi connectivity index (χ2n) is 6.94. The molecule has 162 valence electrons. The van der Waals surface area contributed by atoms with Crippen LogP contribution in [-0.2, 0) is 0 Å². The van der Waals surface area contributed by atoms with Crippen LogP contribution >= 0.6 is 11.6 Å². The van der Waals surface area contributed by atoms with Gasteiger partial charge in [-0.2, -0.15) is 0 Å². The zero-order chi connectivity index (χ0) is 23.0. The molecular formula is C24H17ClFNO5. The summed E-state index contributed by atoms with van der Waals surface area (Å²) in [5, 5.41) is 12.9. The smallest absolute Gasteiger partial charge is 0.339 e. The summed E-state index contributed by atoms with van der Waals surface area (Å²) in [7, 11) is 2.86. The molecule has 0 aliphatic heterocycles. The number of carboxylic acids is 1. The number of amides is 1. The SMILES string of the molecule is CNC(=O)c1c(-c2ccc(F)cc2)oc2ccc(-c3cc(C(=O)O)c(OC)cc3Cl)cc12. The third-order valence-electron chi connectivity index (χ3n) is 5.08. The van der Waals surface area contributed by atoms with E-state index in [1.54, 1.807) is 18.2 Å². The predicted octanol–water partition coefficient (Wildman–Crippen LogP) is 5.63. The highest BCUT2D eigenvalue weighted by Crippen LogP contribution is 2.39. The molecule has 0 aliphatic carbocycles. The standard InChI is InChI=1S/C24H17ClFNO5/c1-27-23(28)21-16-9-13(15-10-17(24(29)30)20(31-2)11-18(15)25)5-8-19(16)32-22(21)12-3-6-14(26)7-4-12/h3-11H,1-2H3,(H,27,28)(H,29,30). The molecule has 0 unspecified atom stereocenters. The van der Waals surface area contributed by atoms with Gasteiger partial charge in [-0.1, -0.05) is 17.7 Å². The lowest BCUT2D eigenvalue weighted by molar-refractivity contribution is 0.0693. The van der Waals surface area contributed by atoms with Crippen molar-refractivity contribution in [1.82, 2.24) is 5.32 Å². The highest BCUT2D eigenvalue weighted by atomic mass is 35.5. The maximum atomic E-state index is 13.4. The molecular weight excluding hydrogens is 437 g/mol. The molecule has 0 bridgehead atoms. The highest BCUT2D eigenvalue weighted by molar-refractivity contribution is 6.33. The number of nitrogens with one attached hydrogen (secondary N) is 1. The zero-order valence-corrected chi connectivity index (χ0v) is 17.8. The first-order chi connectivity index (χ1) is 15.3. The van der Waals surface area contributed by atoms with E-state index < -0.39 is 11.8 Å². The number of furan rings is 1. The highest BCUT2D eigenvalue weighted by Gasteiger charge is 2.23. The molecule has 3 aromatic carbocycles. The van der Waals surface area contributed by atoms with E-state index in [0.717, 1.165) is 0 Å². The van der Waals surface area contributed by atoms with Gasteiger partial charge in [0.15, 0.2) is 0 Å². The molecule has 0 saturated carbocycles. The third-order valence-corrected chi connectivity index (χ3v) is 5.39. The van der Waals surface area contributed by atoms with E-state index in [1.165, 1.54) is 50.6 Å². The fourth-order valence-electron chi connectivity index (χ4n) is 3.53. The van der Waals surface area contributed by atoms with Crippen LogP contribution in [0.2, 0.25) is 5.02 Å². The third kappa shape index (κ3) is 3.67. The lowest BCUT2D eigenvalue weighted by Crippen LogP contribution is -2.18. The van der Waals surface area contributed by atoms with Crippen LogP contribution in [0, 0.1) is 5.82 Å². The van der Waals surface area contributed by atoms with Crippen molar-refractivity contribution in [3.63, 3.8) is 0 Å². The van der Waals surface area contributed by atoms with Crippen molar-refractivity contribution in [2.24, 2.45) is 0 Å². The molecule has 6 nitrogen and oxygen atoms in total. The van der Waals surface area contributed by atoms with Crippen LogP contribution in [0.1, 0.15) is 20.7 Å². The van der Waals surface area contributed by atoms with Crippen LogP contribution in [0.25, 0.3) is 33.4 Å². The first-order valence-corrected chi connectivity index (χ1v) is 9.87. The molecule has 8 heteroatoms. The molecule has 0 atom stereocenters. The number of ether oxygens (including phenoxy) is 1. The number of rotatable bonds is 5. The minimum absolute atomic E-state index is 0.0438. The molecule has 1 amide bonds. The number of carboxylic acid groups (broad SMARTS) is 1. The number of carbonyl (C=O) groups is 2. The van der Waals surface area contributed by atoms with Gasteiger partial charge in [-0.05, 0) is 48.0 Å². The average Bonchev–Trinajstić information content (AvgIpc) is 3.17. The largest absolute Gasteiger partial charge is 0.496 e.